The molecule has 0 saturated carbocycles. The minimum absolute atomic E-state index is 0.0609. The summed E-state index contributed by atoms with van der Waals surface area (Å²) in [5, 5.41) is 0. The summed E-state index contributed by atoms with van der Waals surface area (Å²) in [6, 6.07) is 0. The molecule has 0 saturated heterocycles. The maximum Gasteiger partial charge on any atom is 0.306 e. The highest BCUT2D eigenvalue weighted by molar-refractivity contribution is 5.71. The molecule has 0 aliphatic heterocycles. The van der Waals surface area contributed by atoms with Crippen molar-refractivity contribution in [2.75, 3.05) is 13.2 Å². The van der Waals surface area contributed by atoms with Crippen molar-refractivity contribution >= 4 is 17.9 Å². The van der Waals surface area contributed by atoms with E-state index in [1.807, 2.05) is 0 Å². The predicted molar refractivity (Wildman–Crippen MR) is 317 cm³/mol. The maximum atomic E-state index is 12.9. The third-order valence-corrected chi connectivity index (χ3v) is 15.5. The summed E-state index contributed by atoms with van der Waals surface area (Å²) in [7, 11) is 0. The number of hydrogen-bond donors (Lipinski definition) is 0. The van der Waals surface area contributed by atoms with Gasteiger partial charge in [0.25, 0.3) is 0 Å². The Kier molecular flexibility index (Phi) is 59.9. The molecule has 0 N–H and O–H groups in total. The number of rotatable bonds is 62. The molecular formula is C67H130O6. The zero-order valence-corrected chi connectivity index (χ0v) is 50.1. The largest absolute Gasteiger partial charge is 0.462 e. The van der Waals surface area contributed by atoms with Gasteiger partial charge in [0.2, 0.25) is 0 Å². The van der Waals surface area contributed by atoms with Crippen molar-refractivity contribution in [3.8, 4) is 0 Å². The van der Waals surface area contributed by atoms with E-state index in [2.05, 4.69) is 27.7 Å². The van der Waals surface area contributed by atoms with Gasteiger partial charge in [-0.3, -0.25) is 14.4 Å². The molecule has 0 aromatic heterocycles. The SMILES string of the molecule is CCCCCCCCCCCCCCCCCCCCCC(=O)OC[C@H](COC(=O)CCCCCCCCCCCCCCCCCCCC)OC(=O)CCCCCCCCCCCCCCCCCC(C)C. The number of carbonyl (C=O) groups is 3. The van der Waals surface area contributed by atoms with E-state index >= 15 is 0 Å². The zero-order chi connectivity index (χ0) is 53.0. The monoisotopic (exact) mass is 1030 g/mol. The third kappa shape index (κ3) is 61.1. The first kappa shape index (κ1) is 71.4. The lowest BCUT2D eigenvalue weighted by atomic mass is 10.0. The predicted octanol–water partition coefficient (Wildman–Crippen LogP) is 22.5. The molecule has 6 nitrogen and oxygen atoms in total. The second-order valence-corrected chi connectivity index (χ2v) is 23.6. The standard InChI is InChI=1S/C67H130O6/c1-5-7-9-11-13-15-17-19-21-23-25-27-31-35-39-43-47-51-55-59-66(69)72-62-64(73-67(70)60-56-52-48-44-40-36-32-28-29-33-37-41-45-49-53-57-63(3)4)61-71-65(68)58-54-50-46-42-38-34-30-26-24-22-20-18-16-14-12-10-8-6-2/h63-64H,5-62H2,1-4H3/t64-/m0/s1. The summed E-state index contributed by atoms with van der Waals surface area (Å²) in [6.07, 6.45) is 69.7. The van der Waals surface area contributed by atoms with Crippen molar-refractivity contribution in [3.63, 3.8) is 0 Å². The number of carbonyl (C=O) groups excluding carboxylic acids is 3. The van der Waals surface area contributed by atoms with Crippen LogP contribution in [0.2, 0.25) is 0 Å². The zero-order valence-electron chi connectivity index (χ0n) is 50.1. The second-order valence-electron chi connectivity index (χ2n) is 23.6. The van der Waals surface area contributed by atoms with Gasteiger partial charge in [-0.1, -0.05) is 349 Å². The first-order valence-electron chi connectivity index (χ1n) is 33.4. The van der Waals surface area contributed by atoms with Crippen LogP contribution in [-0.4, -0.2) is 37.2 Å². The van der Waals surface area contributed by atoms with Crippen LogP contribution >= 0.6 is 0 Å². The Bertz CT molecular complexity index is 1110. The molecule has 434 valence electrons. The van der Waals surface area contributed by atoms with Gasteiger partial charge in [0, 0.05) is 19.3 Å². The van der Waals surface area contributed by atoms with E-state index in [1.54, 1.807) is 0 Å². The van der Waals surface area contributed by atoms with Gasteiger partial charge >= 0.3 is 17.9 Å². The van der Waals surface area contributed by atoms with Gasteiger partial charge in [0.15, 0.2) is 6.10 Å². The molecule has 0 aromatic rings. The molecule has 0 radical (unpaired) electrons. The first-order valence-corrected chi connectivity index (χ1v) is 33.4. The van der Waals surface area contributed by atoms with Crippen LogP contribution in [0.25, 0.3) is 0 Å². The molecule has 0 heterocycles. The van der Waals surface area contributed by atoms with Crippen molar-refractivity contribution < 1.29 is 28.6 Å². The smallest absolute Gasteiger partial charge is 0.306 e. The van der Waals surface area contributed by atoms with E-state index in [4.69, 9.17) is 14.2 Å². The highest BCUT2D eigenvalue weighted by Gasteiger charge is 2.19. The summed E-state index contributed by atoms with van der Waals surface area (Å²) in [5.74, 6) is 0.0238. The van der Waals surface area contributed by atoms with Crippen LogP contribution in [0, 0.1) is 5.92 Å². The Morgan fingerprint density at radius 1 is 0.260 bits per heavy atom. The van der Waals surface area contributed by atoms with Gasteiger partial charge in [-0.2, -0.15) is 0 Å². The normalized spacial score (nSPS) is 12.0. The van der Waals surface area contributed by atoms with Gasteiger partial charge in [0.05, 0.1) is 0 Å². The summed E-state index contributed by atoms with van der Waals surface area (Å²) in [5.41, 5.74) is 0. The Balaban J connectivity index is 4.28. The summed E-state index contributed by atoms with van der Waals surface area (Å²) >= 11 is 0. The fourth-order valence-electron chi connectivity index (χ4n) is 10.5. The molecule has 0 bridgehead atoms. The fourth-order valence-corrected chi connectivity index (χ4v) is 10.5. The molecule has 6 heteroatoms. The van der Waals surface area contributed by atoms with Gasteiger partial charge in [-0.25, -0.2) is 0 Å². The van der Waals surface area contributed by atoms with Gasteiger partial charge in [0.1, 0.15) is 13.2 Å². The van der Waals surface area contributed by atoms with Crippen LogP contribution in [0.3, 0.4) is 0 Å². The van der Waals surface area contributed by atoms with Gasteiger partial charge in [-0.15, -0.1) is 0 Å². The maximum absolute atomic E-state index is 12.9. The van der Waals surface area contributed by atoms with Gasteiger partial charge in [-0.05, 0) is 25.2 Å². The van der Waals surface area contributed by atoms with E-state index in [1.165, 1.54) is 283 Å². The molecule has 0 aliphatic carbocycles. The topological polar surface area (TPSA) is 78.9 Å². The lowest BCUT2D eigenvalue weighted by molar-refractivity contribution is -0.167. The third-order valence-electron chi connectivity index (χ3n) is 15.5. The molecule has 0 aliphatic rings. The number of unbranched alkanes of at least 4 members (excludes halogenated alkanes) is 49. The minimum atomic E-state index is -0.763. The molecule has 0 fully saturated rings. The van der Waals surface area contributed by atoms with Crippen LogP contribution in [0.5, 0.6) is 0 Å². The number of ether oxygens (including phenoxy) is 3. The van der Waals surface area contributed by atoms with Crippen molar-refractivity contribution in [1.82, 2.24) is 0 Å². The molecule has 1 atom stereocenters. The van der Waals surface area contributed by atoms with Crippen LogP contribution in [-0.2, 0) is 28.6 Å². The average Bonchev–Trinajstić information content (AvgIpc) is 3.38. The van der Waals surface area contributed by atoms with Crippen LogP contribution in [0.4, 0.5) is 0 Å². The first-order chi connectivity index (χ1) is 35.9. The van der Waals surface area contributed by atoms with E-state index in [-0.39, 0.29) is 31.1 Å². The quantitative estimate of drug-likeness (QED) is 0.0343. The van der Waals surface area contributed by atoms with Crippen molar-refractivity contribution in [2.45, 2.75) is 393 Å². The van der Waals surface area contributed by atoms with Crippen LogP contribution in [0.15, 0.2) is 0 Å². The summed E-state index contributed by atoms with van der Waals surface area (Å²) < 4.78 is 17.0. The molecule has 0 unspecified atom stereocenters. The van der Waals surface area contributed by atoms with Crippen molar-refractivity contribution in [1.29, 1.82) is 0 Å². The van der Waals surface area contributed by atoms with E-state index in [0.717, 1.165) is 63.7 Å². The number of hydrogen-bond acceptors (Lipinski definition) is 6. The summed E-state index contributed by atoms with van der Waals surface area (Å²) in [4.78, 5) is 38.4. The van der Waals surface area contributed by atoms with Crippen molar-refractivity contribution in [2.24, 2.45) is 5.92 Å². The van der Waals surface area contributed by atoms with Gasteiger partial charge < -0.3 is 14.2 Å². The second kappa shape index (κ2) is 61.3. The van der Waals surface area contributed by atoms with Crippen LogP contribution in [0.1, 0.15) is 387 Å². The lowest BCUT2D eigenvalue weighted by Crippen LogP contribution is -2.30. The Morgan fingerprint density at radius 2 is 0.452 bits per heavy atom. The van der Waals surface area contributed by atoms with E-state index in [9.17, 15) is 14.4 Å². The molecule has 0 amide bonds. The average molecular weight is 1030 g/mol. The molecule has 0 rings (SSSR count). The highest BCUT2D eigenvalue weighted by Crippen LogP contribution is 2.19. The Morgan fingerprint density at radius 3 is 0.671 bits per heavy atom. The van der Waals surface area contributed by atoms with E-state index < -0.39 is 6.10 Å². The molecule has 73 heavy (non-hydrogen) atoms. The molecule has 0 spiro atoms. The van der Waals surface area contributed by atoms with Crippen molar-refractivity contribution in [3.05, 3.63) is 0 Å². The Labute approximate surface area is 457 Å². The highest BCUT2D eigenvalue weighted by atomic mass is 16.6. The Hall–Kier alpha value is -1.59. The lowest BCUT2D eigenvalue weighted by Gasteiger charge is -2.18. The minimum Gasteiger partial charge on any atom is -0.462 e. The molecule has 0 aromatic carbocycles. The van der Waals surface area contributed by atoms with Crippen LogP contribution < -0.4 is 0 Å². The molecular weight excluding hydrogens is 901 g/mol. The number of esters is 3. The fraction of sp³-hybridized carbons (Fsp3) is 0.955. The van der Waals surface area contributed by atoms with E-state index in [0.29, 0.717) is 19.3 Å². The summed E-state index contributed by atoms with van der Waals surface area (Å²) in [6.45, 7) is 9.11.